The smallest absolute Gasteiger partial charge is 0.311 e. The first-order valence-corrected chi connectivity index (χ1v) is 9.15. The van der Waals surface area contributed by atoms with E-state index in [0.29, 0.717) is 24.0 Å². The molecule has 1 aromatic carbocycles. The van der Waals surface area contributed by atoms with Crippen LogP contribution in [0.2, 0.25) is 0 Å². The van der Waals surface area contributed by atoms with Crippen LogP contribution >= 0.6 is 11.3 Å². The van der Waals surface area contributed by atoms with Gasteiger partial charge in [-0.2, -0.15) is 5.10 Å². The molecule has 0 unspecified atom stereocenters. The van der Waals surface area contributed by atoms with Crippen molar-refractivity contribution >= 4 is 28.7 Å². The van der Waals surface area contributed by atoms with E-state index in [1.54, 1.807) is 13.1 Å². The third kappa shape index (κ3) is 6.64. The van der Waals surface area contributed by atoms with Gasteiger partial charge in [-0.3, -0.25) is 10.2 Å². The number of ether oxygens (including phenoxy) is 2. The molecule has 134 valence electrons. The molecule has 2 rings (SSSR count). The van der Waals surface area contributed by atoms with Gasteiger partial charge in [-0.25, -0.2) is 4.98 Å². The molecule has 0 amide bonds. The summed E-state index contributed by atoms with van der Waals surface area (Å²) in [6.45, 7) is 5.55. The van der Waals surface area contributed by atoms with E-state index in [0.717, 1.165) is 24.2 Å². The highest BCUT2D eigenvalue weighted by atomic mass is 32.1. The Bertz CT molecular complexity index is 700. The highest BCUT2D eigenvalue weighted by Gasteiger charge is 2.08. The van der Waals surface area contributed by atoms with Gasteiger partial charge in [0, 0.05) is 17.6 Å². The SMILES string of the molecule is CCCOCc1ccccc1C=NNc1nc(CC(=O)OCC)cs1. The van der Waals surface area contributed by atoms with Crippen LogP contribution in [0.25, 0.3) is 0 Å². The van der Waals surface area contributed by atoms with Crippen LogP contribution in [0, 0.1) is 0 Å². The molecule has 1 heterocycles. The van der Waals surface area contributed by atoms with Gasteiger partial charge in [0.25, 0.3) is 0 Å². The Hall–Kier alpha value is -2.25. The highest BCUT2D eigenvalue weighted by Crippen LogP contribution is 2.16. The summed E-state index contributed by atoms with van der Waals surface area (Å²) in [5.74, 6) is -0.274. The van der Waals surface area contributed by atoms with Crippen LogP contribution in [0.5, 0.6) is 0 Å². The average molecular weight is 361 g/mol. The number of thiazole rings is 1. The molecular weight excluding hydrogens is 338 g/mol. The number of hydrazone groups is 1. The number of benzene rings is 1. The number of hydrogen-bond donors (Lipinski definition) is 1. The number of nitrogens with zero attached hydrogens (tertiary/aromatic N) is 2. The van der Waals surface area contributed by atoms with Crippen molar-refractivity contribution < 1.29 is 14.3 Å². The van der Waals surface area contributed by atoms with Gasteiger partial charge in [0.05, 0.1) is 31.5 Å². The summed E-state index contributed by atoms with van der Waals surface area (Å²) in [6, 6.07) is 7.96. The number of nitrogens with one attached hydrogen (secondary N) is 1. The fraction of sp³-hybridized carbons (Fsp3) is 0.389. The van der Waals surface area contributed by atoms with E-state index in [9.17, 15) is 4.79 Å². The number of hydrogen-bond acceptors (Lipinski definition) is 7. The number of carbonyl (C=O) groups is 1. The van der Waals surface area contributed by atoms with Crippen LogP contribution in [0.1, 0.15) is 37.1 Å². The first-order valence-electron chi connectivity index (χ1n) is 8.27. The van der Waals surface area contributed by atoms with Crippen molar-refractivity contribution in [2.75, 3.05) is 18.6 Å². The zero-order valence-corrected chi connectivity index (χ0v) is 15.3. The molecule has 0 aliphatic rings. The fourth-order valence-electron chi connectivity index (χ4n) is 2.07. The van der Waals surface area contributed by atoms with Crippen LogP contribution in [-0.4, -0.2) is 30.4 Å². The lowest BCUT2D eigenvalue weighted by Crippen LogP contribution is -2.07. The maximum atomic E-state index is 11.4. The molecule has 0 fully saturated rings. The molecule has 0 radical (unpaired) electrons. The number of esters is 1. The predicted octanol–water partition coefficient (Wildman–Crippen LogP) is 3.62. The average Bonchev–Trinajstić information content (AvgIpc) is 3.04. The van der Waals surface area contributed by atoms with Crippen molar-refractivity contribution in [2.45, 2.75) is 33.3 Å². The summed E-state index contributed by atoms with van der Waals surface area (Å²) in [7, 11) is 0. The zero-order valence-electron chi connectivity index (χ0n) is 14.5. The molecular formula is C18H23N3O3S. The Labute approximate surface area is 151 Å². The molecule has 2 aromatic rings. The van der Waals surface area contributed by atoms with Crippen molar-refractivity contribution in [3.63, 3.8) is 0 Å². The van der Waals surface area contributed by atoms with Gasteiger partial charge in [-0.05, 0) is 18.9 Å². The monoisotopic (exact) mass is 361 g/mol. The molecule has 0 atom stereocenters. The summed E-state index contributed by atoms with van der Waals surface area (Å²) >= 11 is 1.40. The first kappa shape index (κ1) is 19.1. The summed E-state index contributed by atoms with van der Waals surface area (Å²) in [6.07, 6.45) is 2.92. The molecule has 1 aromatic heterocycles. The molecule has 0 aliphatic heterocycles. The maximum Gasteiger partial charge on any atom is 0.311 e. The summed E-state index contributed by atoms with van der Waals surface area (Å²) in [5, 5.41) is 6.69. The zero-order chi connectivity index (χ0) is 17.9. The number of anilines is 1. The molecule has 0 bridgehead atoms. The second-order valence-corrected chi connectivity index (χ2v) is 6.11. The Morgan fingerprint density at radius 1 is 1.36 bits per heavy atom. The molecule has 6 nitrogen and oxygen atoms in total. The Kier molecular flexibility index (Phi) is 8.08. The van der Waals surface area contributed by atoms with Gasteiger partial charge in [0.1, 0.15) is 0 Å². The summed E-state index contributed by atoms with van der Waals surface area (Å²) < 4.78 is 10.5. The molecule has 0 saturated heterocycles. The van der Waals surface area contributed by atoms with Crippen LogP contribution in [0.15, 0.2) is 34.7 Å². The lowest BCUT2D eigenvalue weighted by molar-refractivity contribution is -0.142. The lowest BCUT2D eigenvalue weighted by atomic mass is 10.1. The largest absolute Gasteiger partial charge is 0.466 e. The van der Waals surface area contributed by atoms with Gasteiger partial charge in [0.15, 0.2) is 0 Å². The van der Waals surface area contributed by atoms with Gasteiger partial charge >= 0.3 is 5.97 Å². The Balaban J connectivity index is 1.91. The second kappa shape index (κ2) is 10.6. The van der Waals surface area contributed by atoms with Crippen molar-refractivity contribution in [3.05, 3.63) is 46.5 Å². The van der Waals surface area contributed by atoms with Crippen molar-refractivity contribution in [1.29, 1.82) is 0 Å². The normalized spacial score (nSPS) is 11.0. The van der Waals surface area contributed by atoms with E-state index < -0.39 is 0 Å². The number of carbonyl (C=O) groups excluding carboxylic acids is 1. The van der Waals surface area contributed by atoms with E-state index in [1.165, 1.54) is 11.3 Å². The third-order valence-electron chi connectivity index (χ3n) is 3.21. The quantitative estimate of drug-likeness (QED) is 0.303. The lowest BCUT2D eigenvalue weighted by Gasteiger charge is -2.06. The predicted molar refractivity (Wildman–Crippen MR) is 100 cm³/mol. The van der Waals surface area contributed by atoms with Crippen LogP contribution in [0.4, 0.5) is 5.13 Å². The highest BCUT2D eigenvalue weighted by molar-refractivity contribution is 7.13. The van der Waals surface area contributed by atoms with Gasteiger partial charge in [-0.15, -0.1) is 11.3 Å². The van der Waals surface area contributed by atoms with E-state index in [4.69, 9.17) is 9.47 Å². The molecule has 0 aliphatic carbocycles. The van der Waals surface area contributed by atoms with E-state index >= 15 is 0 Å². The van der Waals surface area contributed by atoms with Crippen molar-refractivity contribution in [1.82, 2.24) is 4.98 Å². The number of rotatable bonds is 10. The molecule has 7 heteroatoms. The van der Waals surface area contributed by atoms with E-state index in [1.807, 2.05) is 29.6 Å². The summed E-state index contributed by atoms with van der Waals surface area (Å²) in [5.41, 5.74) is 5.65. The van der Waals surface area contributed by atoms with Crippen molar-refractivity contribution in [2.24, 2.45) is 5.10 Å². The third-order valence-corrected chi connectivity index (χ3v) is 4.00. The van der Waals surface area contributed by atoms with Gasteiger partial charge in [0.2, 0.25) is 5.13 Å². The standard InChI is InChI=1S/C18H23N3O3S/c1-3-9-23-12-15-8-6-5-7-14(15)11-19-21-18-20-16(13-25-18)10-17(22)24-4-2/h5-8,11,13H,3-4,9-10,12H2,1-2H3,(H,20,21). The first-order chi connectivity index (χ1) is 12.2. The summed E-state index contributed by atoms with van der Waals surface area (Å²) in [4.78, 5) is 15.8. The van der Waals surface area contributed by atoms with Crippen molar-refractivity contribution in [3.8, 4) is 0 Å². The van der Waals surface area contributed by atoms with Gasteiger partial charge in [-0.1, -0.05) is 31.2 Å². The Morgan fingerprint density at radius 3 is 3.00 bits per heavy atom. The minimum Gasteiger partial charge on any atom is -0.466 e. The van der Waals surface area contributed by atoms with Crippen LogP contribution < -0.4 is 5.43 Å². The topological polar surface area (TPSA) is 72.8 Å². The minimum absolute atomic E-state index is 0.174. The number of aromatic nitrogens is 1. The molecule has 1 N–H and O–H groups in total. The molecule has 25 heavy (non-hydrogen) atoms. The molecule has 0 saturated carbocycles. The Morgan fingerprint density at radius 2 is 2.20 bits per heavy atom. The maximum absolute atomic E-state index is 11.4. The van der Waals surface area contributed by atoms with Crippen LogP contribution in [0.3, 0.4) is 0 Å². The fourth-order valence-corrected chi connectivity index (χ4v) is 2.73. The minimum atomic E-state index is -0.274. The van der Waals surface area contributed by atoms with E-state index in [2.05, 4.69) is 22.4 Å². The molecule has 0 spiro atoms. The van der Waals surface area contributed by atoms with Gasteiger partial charge < -0.3 is 9.47 Å². The van der Waals surface area contributed by atoms with Crippen LogP contribution in [-0.2, 0) is 27.3 Å². The van der Waals surface area contributed by atoms with E-state index in [-0.39, 0.29) is 12.4 Å². The second-order valence-electron chi connectivity index (χ2n) is 5.25.